The van der Waals surface area contributed by atoms with Gasteiger partial charge >= 0.3 is 0 Å². The summed E-state index contributed by atoms with van der Waals surface area (Å²) < 4.78 is 14.1. The first-order chi connectivity index (χ1) is 12.1. The van der Waals surface area contributed by atoms with Crippen molar-refractivity contribution < 1.29 is 14.3 Å². The Labute approximate surface area is 144 Å². The summed E-state index contributed by atoms with van der Waals surface area (Å²) in [5.41, 5.74) is 2.65. The van der Waals surface area contributed by atoms with Crippen molar-refractivity contribution in [3.63, 3.8) is 0 Å². The first-order valence-electron chi connectivity index (χ1n) is 7.92. The average molecular weight is 335 g/mol. The Hall–Kier alpha value is -3.28. The Balaban J connectivity index is 1.67. The van der Waals surface area contributed by atoms with Crippen molar-refractivity contribution in [3.05, 3.63) is 65.9 Å². The third-order valence-electron chi connectivity index (χ3n) is 4.31. The summed E-state index contributed by atoms with van der Waals surface area (Å²) in [4.78, 5) is 12.4. The molecule has 0 saturated carbocycles. The minimum Gasteiger partial charge on any atom is -0.454 e. The molecule has 0 spiro atoms. The lowest BCUT2D eigenvalue weighted by atomic mass is 10.1. The van der Waals surface area contributed by atoms with Gasteiger partial charge in [-0.3, -0.25) is 10.2 Å². The normalized spacial score (nSPS) is 12.4. The molecule has 0 amide bonds. The van der Waals surface area contributed by atoms with E-state index in [1.54, 1.807) is 21.3 Å². The van der Waals surface area contributed by atoms with Crippen LogP contribution in [0.4, 0.5) is 0 Å². The molecule has 2 aromatic carbocycles. The molecule has 6 nitrogen and oxygen atoms in total. The van der Waals surface area contributed by atoms with E-state index in [0.29, 0.717) is 11.3 Å². The maximum Gasteiger partial charge on any atom is 0.231 e. The van der Waals surface area contributed by atoms with Crippen molar-refractivity contribution in [3.8, 4) is 22.8 Å². The second-order valence-corrected chi connectivity index (χ2v) is 5.88. The number of imidazole rings is 1. The van der Waals surface area contributed by atoms with Gasteiger partial charge in [-0.25, -0.2) is 0 Å². The zero-order valence-corrected chi connectivity index (χ0v) is 13.7. The predicted octanol–water partition coefficient (Wildman–Crippen LogP) is 2.58. The van der Waals surface area contributed by atoms with Crippen LogP contribution in [0.15, 0.2) is 54.7 Å². The molecule has 0 bridgehead atoms. The molecule has 0 aliphatic carbocycles. The van der Waals surface area contributed by atoms with Crippen LogP contribution in [-0.4, -0.2) is 21.7 Å². The van der Waals surface area contributed by atoms with E-state index in [4.69, 9.17) is 14.9 Å². The fraction of sp³-hybridized carbons (Fsp3) is 0.158. The number of fused-ring (bicyclic) bond motifs is 1. The van der Waals surface area contributed by atoms with E-state index in [2.05, 4.69) is 0 Å². The summed E-state index contributed by atoms with van der Waals surface area (Å²) in [6, 6.07) is 14.8. The van der Waals surface area contributed by atoms with E-state index in [0.717, 1.165) is 17.0 Å². The fourth-order valence-corrected chi connectivity index (χ4v) is 2.92. The van der Waals surface area contributed by atoms with E-state index in [-0.39, 0.29) is 24.7 Å². The largest absolute Gasteiger partial charge is 0.454 e. The van der Waals surface area contributed by atoms with Gasteiger partial charge in [0.2, 0.25) is 12.4 Å². The van der Waals surface area contributed by atoms with Crippen LogP contribution >= 0.6 is 0 Å². The molecule has 6 heteroatoms. The number of carbonyl (C=O) groups is 1. The van der Waals surface area contributed by atoms with Gasteiger partial charge in [0.05, 0.1) is 12.2 Å². The van der Waals surface area contributed by atoms with Gasteiger partial charge < -0.3 is 18.6 Å². The van der Waals surface area contributed by atoms with E-state index < -0.39 is 0 Å². The van der Waals surface area contributed by atoms with Crippen molar-refractivity contribution >= 4 is 5.78 Å². The van der Waals surface area contributed by atoms with Crippen LogP contribution in [0, 0.1) is 5.41 Å². The number of hydrogen-bond acceptors (Lipinski definition) is 4. The Kier molecular flexibility index (Phi) is 3.65. The van der Waals surface area contributed by atoms with Gasteiger partial charge in [-0.1, -0.05) is 30.3 Å². The molecule has 0 radical (unpaired) electrons. The average Bonchev–Trinajstić information content (AvgIpc) is 3.21. The van der Waals surface area contributed by atoms with Crippen molar-refractivity contribution in [2.45, 2.75) is 6.54 Å². The summed E-state index contributed by atoms with van der Waals surface area (Å²) in [6.45, 7) is 0.350. The van der Waals surface area contributed by atoms with Crippen molar-refractivity contribution in [1.29, 1.82) is 5.41 Å². The molecule has 1 N–H and O–H groups in total. The molecule has 25 heavy (non-hydrogen) atoms. The third-order valence-corrected chi connectivity index (χ3v) is 4.31. The molecule has 1 aliphatic rings. The lowest BCUT2D eigenvalue weighted by molar-refractivity contribution is 0.0970. The Morgan fingerprint density at radius 1 is 1.12 bits per heavy atom. The van der Waals surface area contributed by atoms with Gasteiger partial charge in [0.15, 0.2) is 17.3 Å². The van der Waals surface area contributed by atoms with Gasteiger partial charge in [-0.2, -0.15) is 0 Å². The van der Waals surface area contributed by atoms with E-state index >= 15 is 0 Å². The zero-order valence-electron chi connectivity index (χ0n) is 13.7. The number of ether oxygens (including phenoxy) is 2. The van der Waals surface area contributed by atoms with Crippen LogP contribution in [0.5, 0.6) is 11.5 Å². The first-order valence-corrected chi connectivity index (χ1v) is 7.92. The molecule has 1 aromatic heterocycles. The lowest BCUT2D eigenvalue weighted by Gasteiger charge is -2.03. The molecule has 0 saturated heterocycles. The van der Waals surface area contributed by atoms with Gasteiger partial charge in [0, 0.05) is 24.4 Å². The SMILES string of the molecule is Cn1c(-c2ccc3c(c2)OCO3)cn(CC(=O)c2ccccc2)c1=N. The number of carbonyl (C=O) groups excluding carboxylic acids is 1. The van der Waals surface area contributed by atoms with Crippen molar-refractivity contribution in [2.24, 2.45) is 7.05 Å². The van der Waals surface area contributed by atoms with Crippen LogP contribution in [0.1, 0.15) is 10.4 Å². The highest BCUT2D eigenvalue weighted by molar-refractivity contribution is 5.95. The molecular weight excluding hydrogens is 318 g/mol. The summed E-state index contributed by atoms with van der Waals surface area (Å²) in [5, 5.41) is 8.29. The number of nitrogens with zero attached hydrogens (tertiary/aromatic N) is 2. The molecular formula is C19H17N3O3. The number of benzene rings is 2. The zero-order chi connectivity index (χ0) is 17.4. The number of ketones is 1. The van der Waals surface area contributed by atoms with Crippen LogP contribution in [0.25, 0.3) is 11.3 Å². The summed E-state index contributed by atoms with van der Waals surface area (Å²) in [5.74, 6) is 1.38. The van der Waals surface area contributed by atoms with Crippen LogP contribution < -0.4 is 15.1 Å². The van der Waals surface area contributed by atoms with Gasteiger partial charge in [0.25, 0.3) is 0 Å². The quantitative estimate of drug-likeness (QED) is 0.745. The third kappa shape index (κ3) is 2.71. The predicted molar refractivity (Wildman–Crippen MR) is 91.6 cm³/mol. The van der Waals surface area contributed by atoms with Crippen LogP contribution in [0.3, 0.4) is 0 Å². The monoisotopic (exact) mass is 335 g/mol. The molecule has 0 atom stereocenters. The number of nitrogens with one attached hydrogen (secondary N) is 1. The number of aromatic nitrogens is 2. The van der Waals surface area contributed by atoms with E-state index in [1.165, 1.54) is 0 Å². The van der Waals surface area contributed by atoms with E-state index in [1.807, 2.05) is 49.6 Å². The molecule has 2 heterocycles. The lowest BCUT2D eigenvalue weighted by Crippen LogP contribution is -2.25. The van der Waals surface area contributed by atoms with Gasteiger partial charge in [-0.15, -0.1) is 0 Å². The topological polar surface area (TPSA) is 69.2 Å². The fourth-order valence-electron chi connectivity index (χ4n) is 2.92. The van der Waals surface area contributed by atoms with Crippen molar-refractivity contribution in [1.82, 2.24) is 9.13 Å². The highest BCUT2D eigenvalue weighted by Gasteiger charge is 2.17. The Morgan fingerprint density at radius 2 is 1.88 bits per heavy atom. The molecule has 0 fully saturated rings. The maximum atomic E-state index is 12.4. The minimum absolute atomic E-state index is 0.0260. The number of Topliss-reactive ketones (excluding diaryl/α,β-unsaturated/α-hetero) is 1. The highest BCUT2D eigenvalue weighted by atomic mass is 16.7. The first kappa shape index (κ1) is 15.3. The van der Waals surface area contributed by atoms with Gasteiger partial charge in [-0.05, 0) is 18.2 Å². The summed E-state index contributed by atoms with van der Waals surface area (Å²) >= 11 is 0. The molecule has 126 valence electrons. The second kappa shape index (κ2) is 5.98. The molecule has 3 aromatic rings. The Bertz CT molecular complexity index is 1000. The summed E-state index contributed by atoms with van der Waals surface area (Å²) in [7, 11) is 1.81. The smallest absolute Gasteiger partial charge is 0.231 e. The maximum absolute atomic E-state index is 12.4. The van der Waals surface area contributed by atoms with E-state index in [9.17, 15) is 4.79 Å². The number of hydrogen-bond donors (Lipinski definition) is 1. The van der Waals surface area contributed by atoms with Crippen LogP contribution in [0.2, 0.25) is 0 Å². The molecule has 1 aliphatic heterocycles. The second-order valence-electron chi connectivity index (χ2n) is 5.88. The van der Waals surface area contributed by atoms with Crippen LogP contribution in [-0.2, 0) is 13.6 Å². The highest BCUT2D eigenvalue weighted by Crippen LogP contribution is 2.35. The minimum atomic E-state index is -0.0260. The molecule has 0 unspecified atom stereocenters. The van der Waals surface area contributed by atoms with Gasteiger partial charge in [0.1, 0.15) is 0 Å². The van der Waals surface area contributed by atoms with Crippen molar-refractivity contribution in [2.75, 3.05) is 6.79 Å². The Morgan fingerprint density at radius 3 is 2.68 bits per heavy atom. The molecule has 4 rings (SSSR count). The standard InChI is InChI=1S/C19H17N3O3/c1-21-15(14-7-8-17-18(9-14)25-12-24-17)10-22(19(21)20)11-16(23)13-5-3-2-4-6-13/h2-10,20H,11-12H2,1H3. The summed E-state index contributed by atoms with van der Waals surface area (Å²) in [6.07, 6.45) is 1.82. The number of rotatable bonds is 4.